The summed E-state index contributed by atoms with van der Waals surface area (Å²) in [6.07, 6.45) is 4.11. The maximum atomic E-state index is 14.3. The molecule has 254 valence electrons. The molecule has 2 fully saturated rings. The van der Waals surface area contributed by atoms with Gasteiger partial charge in [0.25, 0.3) is 0 Å². The van der Waals surface area contributed by atoms with Crippen LogP contribution in [0.1, 0.15) is 61.5 Å². The van der Waals surface area contributed by atoms with Crippen LogP contribution in [0.2, 0.25) is 0 Å². The molecule has 1 aromatic heterocycles. The minimum absolute atomic E-state index is 0.0118. The van der Waals surface area contributed by atoms with E-state index >= 15 is 0 Å². The van der Waals surface area contributed by atoms with Crippen molar-refractivity contribution in [1.29, 1.82) is 0 Å². The van der Waals surface area contributed by atoms with Crippen LogP contribution in [-0.4, -0.2) is 98.0 Å². The van der Waals surface area contributed by atoms with Crippen molar-refractivity contribution in [3.63, 3.8) is 0 Å². The Balaban J connectivity index is 1.44. The number of likely N-dealkylation sites (tertiary alicyclic amines) is 1. The van der Waals surface area contributed by atoms with Crippen LogP contribution in [0.25, 0.3) is 10.9 Å². The normalized spacial score (nSPS) is 22.7. The quantitative estimate of drug-likeness (QED) is 0.135. The summed E-state index contributed by atoms with van der Waals surface area (Å²) in [5.74, 6) is -0.281. The number of hydrogen-bond acceptors (Lipinski definition) is 6. The molecule has 3 aromatic rings. The zero-order valence-corrected chi connectivity index (χ0v) is 30.5. The molecule has 2 amide bonds. The number of likely N-dealkylation sites (N-methyl/N-ethyl adjacent to an activating group) is 1. The maximum absolute atomic E-state index is 14.3. The number of carbonyl (C=O) groups is 4. The Kier molecular flexibility index (Phi) is 10.7. The monoisotopic (exact) mass is 756 g/mol. The molecule has 4 atom stereocenters. The number of carbonyl (C=O) groups excluding carboxylic acids is 4. The third-order valence-corrected chi connectivity index (χ3v) is 17.9. The van der Waals surface area contributed by atoms with Crippen molar-refractivity contribution < 1.29 is 24.3 Å². The molecule has 0 spiro atoms. The number of aryl methyl sites for hydroxylation is 2. The Bertz CT molecular complexity index is 1710. The van der Waals surface area contributed by atoms with Crippen molar-refractivity contribution in [2.24, 2.45) is 13.0 Å². The second kappa shape index (κ2) is 14.4. The third kappa shape index (κ3) is 7.09. The van der Waals surface area contributed by atoms with Crippen LogP contribution in [0, 0.1) is 5.92 Å². The molecule has 5 rings (SSSR count). The van der Waals surface area contributed by atoms with Gasteiger partial charge in [-0.25, -0.2) is 0 Å². The number of fused-ring (bicyclic) bond motifs is 1. The minimum atomic E-state index is -3.41. The van der Waals surface area contributed by atoms with Gasteiger partial charge in [0.2, 0.25) is 0 Å². The number of phenols is 1. The number of amides is 2. The van der Waals surface area contributed by atoms with Gasteiger partial charge in [-0.05, 0) is 6.54 Å². The van der Waals surface area contributed by atoms with E-state index in [1.165, 1.54) is 0 Å². The first kappa shape index (κ1) is 34.9. The fourth-order valence-electron chi connectivity index (χ4n) is 7.19. The number of benzene rings is 2. The van der Waals surface area contributed by atoms with Gasteiger partial charge in [0.1, 0.15) is 0 Å². The van der Waals surface area contributed by atoms with Crippen molar-refractivity contribution in [2.45, 2.75) is 63.0 Å². The molecule has 0 aliphatic carbocycles. The molecule has 1 N–H and O–H groups in total. The predicted molar refractivity (Wildman–Crippen MR) is 197 cm³/mol. The van der Waals surface area contributed by atoms with Gasteiger partial charge >= 0.3 is 252 Å². The molecular formula is C37H49IN4O5. The molecule has 2 saturated heterocycles. The SMILES string of the molecule is C=I(C)(C(C)=O)[C@H]1CC(CCc2cccc3c(C(=O)N4CCN(CC)CC4)cn(C)c23)C(=O)[C@H](Cc2ccc(O)cc2)N1C(=O)CC. The summed E-state index contributed by atoms with van der Waals surface area (Å²) in [6.45, 7) is 9.69. The van der Waals surface area contributed by atoms with Crippen LogP contribution in [0.4, 0.5) is 0 Å². The van der Waals surface area contributed by atoms with Crippen LogP contribution < -0.4 is 0 Å². The van der Waals surface area contributed by atoms with E-state index in [9.17, 15) is 24.3 Å². The first-order valence-corrected chi connectivity index (χ1v) is 22.6. The fraction of sp³-hybridized carbons (Fsp3) is 0.486. The van der Waals surface area contributed by atoms with E-state index in [0.29, 0.717) is 44.3 Å². The summed E-state index contributed by atoms with van der Waals surface area (Å²) in [6, 6.07) is 12.1. The molecule has 2 unspecified atom stereocenters. The molecule has 9 nitrogen and oxygen atoms in total. The molecule has 0 bridgehead atoms. The van der Waals surface area contributed by atoms with Gasteiger partial charge in [0, 0.05) is 13.1 Å². The summed E-state index contributed by atoms with van der Waals surface area (Å²) >= 11 is -3.41. The van der Waals surface area contributed by atoms with Gasteiger partial charge in [-0.3, -0.25) is 0 Å². The van der Waals surface area contributed by atoms with Gasteiger partial charge in [-0.2, -0.15) is 0 Å². The average molecular weight is 757 g/mol. The molecule has 47 heavy (non-hydrogen) atoms. The Morgan fingerprint density at radius 3 is 2.32 bits per heavy atom. The third-order valence-electron chi connectivity index (χ3n) is 10.2. The van der Waals surface area contributed by atoms with E-state index in [1.54, 1.807) is 43.0 Å². The molecule has 3 heterocycles. The number of piperazine rings is 1. The van der Waals surface area contributed by atoms with Crippen LogP contribution in [-0.2, 0) is 34.3 Å². The molecule has 2 aliphatic rings. The van der Waals surface area contributed by atoms with Crippen molar-refractivity contribution in [3.05, 3.63) is 65.4 Å². The summed E-state index contributed by atoms with van der Waals surface area (Å²) in [7, 11) is 1.97. The average Bonchev–Trinajstić information content (AvgIpc) is 3.41. The molecule has 2 aromatic carbocycles. The number of halogens is 1. The van der Waals surface area contributed by atoms with Gasteiger partial charge in [-0.1, -0.05) is 6.92 Å². The number of rotatable bonds is 10. The van der Waals surface area contributed by atoms with Crippen molar-refractivity contribution >= 4 is 54.8 Å². The summed E-state index contributed by atoms with van der Waals surface area (Å²) in [5.41, 5.74) is 3.61. The summed E-state index contributed by atoms with van der Waals surface area (Å²) in [4.78, 5) is 62.5. The van der Waals surface area contributed by atoms with Crippen LogP contribution in [0.15, 0.2) is 48.7 Å². The molecule has 2 aliphatic heterocycles. The van der Waals surface area contributed by atoms with Gasteiger partial charge in [0.05, 0.1) is 0 Å². The predicted octanol–water partition coefficient (Wildman–Crippen LogP) is 5.01. The van der Waals surface area contributed by atoms with Crippen LogP contribution in [0.3, 0.4) is 0 Å². The van der Waals surface area contributed by atoms with Crippen LogP contribution >= 0.6 is 18.0 Å². The van der Waals surface area contributed by atoms with E-state index in [2.05, 4.69) is 22.4 Å². The zero-order chi connectivity index (χ0) is 34.0. The van der Waals surface area contributed by atoms with Gasteiger partial charge in [-0.15, -0.1) is 0 Å². The number of phenolic OH excluding ortho intramolecular Hbond substituents is 1. The Labute approximate surface area is 281 Å². The first-order chi connectivity index (χ1) is 22.4. The van der Waals surface area contributed by atoms with Crippen LogP contribution in [0.5, 0.6) is 5.75 Å². The Morgan fingerprint density at radius 2 is 1.70 bits per heavy atom. The van der Waals surface area contributed by atoms with E-state index in [1.807, 2.05) is 39.8 Å². The number of para-hydroxylation sites is 1. The molecular weight excluding hydrogens is 707 g/mol. The Morgan fingerprint density at radius 1 is 1.02 bits per heavy atom. The molecule has 0 radical (unpaired) electrons. The number of nitrogens with zero attached hydrogens (tertiary/aromatic N) is 4. The topological polar surface area (TPSA) is 103 Å². The number of ketones is 1. The summed E-state index contributed by atoms with van der Waals surface area (Å²) in [5, 5.41) is 10.8. The Hall–Kier alpha value is -3.38. The number of Topliss-reactive ketones (excluding diaryl/α,β-unsaturated/α-hetero) is 1. The zero-order valence-electron chi connectivity index (χ0n) is 28.4. The number of aromatic hydroxyl groups is 1. The number of alkyl halides is 2. The van der Waals surface area contributed by atoms with E-state index in [-0.39, 0.29) is 43.5 Å². The molecule has 0 saturated carbocycles. The second-order valence-electron chi connectivity index (χ2n) is 13.1. The number of hydrogen-bond donors (Lipinski definition) is 1. The number of aromatic nitrogens is 1. The number of piperidine rings is 1. The van der Waals surface area contributed by atoms with Gasteiger partial charge < -0.3 is 4.90 Å². The standard InChI is InChI=1S/C37H49IN4O5/c1-7-34(45)42-32(22-26-12-16-29(44)17-13-26)36(46)28(23-33(42)38(4,5)25(3)43)15-14-27-10-9-11-30-31(24-39(6)35(27)30)37(47)41-20-18-40(8-2)19-21-41/h9-13,16-17,24,28,32-33,44H,4,7-8,14-15,18-23H2,1-3,5-6H3/t28?,32-,33+/m0/s1. The van der Waals surface area contributed by atoms with E-state index < -0.39 is 24.0 Å². The molecule has 10 heteroatoms. The second-order valence-corrected chi connectivity index (χ2v) is 22.2. The fourth-order valence-corrected chi connectivity index (χ4v) is 12.0. The van der Waals surface area contributed by atoms with Crippen molar-refractivity contribution in [1.82, 2.24) is 19.3 Å². The summed E-state index contributed by atoms with van der Waals surface area (Å²) < 4.78 is 6.18. The van der Waals surface area contributed by atoms with E-state index in [0.717, 1.165) is 41.7 Å². The van der Waals surface area contributed by atoms with Crippen molar-refractivity contribution in [3.8, 4) is 5.75 Å². The van der Waals surface area contributed by atoms with E-state index in [4.69, 9.17) is 0 Å². The van der Waals surface area contributed by atoms with Gasteiger partial charge in [0.15, 0.2) is 0 Å². The first-order valence-electron chi connectivity index (χ1n) is 16.6. The van der Waals surface area contributed by atoms with Crippen molar-refractivity contribution in [2.75, 3.05) is 37.7 Å².